The largest absolute Gasteiger partial charge is 0.378 e. The van der Waals surface area contributed by atoms with Gasteiger partial charge in [-0.1, -0.05) is 125 Å². The Kier molecular flexibility index (Phi) is 39.0. The molecule has 9 aromatic heterocycles. The van der Waals surface area contributed by atoms with E-state index >= 15 is 0 Å². The van der Waals surface area contributed by atoms with Crippen molar-refractivity contribution in [1.82, 2.24) is 78.3 Å². The number of imidazole rings is 3. The molecule has 3 saturated heterocycles. The molecule has 3 aliphatic heterocycles. The number of aryl methyl sites for hydroxylation is 3. The number of aromatic nitrogens is 15. The number of rotatable bonds is 6. The molecular weight excluding hydrogens is 1050 g/mol. The minimum Gasteiger partial charge on any atom is -0.378 e. The van der Waals surface area contributed by atoms with Crippen molar-refractivity contribution in [3.05, 3.63) is 110 Å². The molecule has 9 aromatic rings. The number of morpholine rings is 1. The monoisotopic (exact) mass is 1160 g/mol. The number of ether oxygens (including phenoxy) is 1. The maximum atomic E-state index is 5.39. The predicted molar refractivity (Wildman–Crippen MR) is 353 cm³/mol. The van der Waals surface area contributed by atoms with Gasteiger partial charge >= 0.3 is 0 Å². The molecule has 0 aromatic carbocycles. The van der Waals surface area contributed by atoms with E-state index in [1.807, 2.05) is 189 Å². The van der Waals surface area contributed by atoms with Gasteiger partial charge in [-0.3, -0.25) is 28.2 Å². The summed E-state index contributed by atoms with van der Waals surface area (Å²) >= 11 is 0. The van der Waals surface area contributed by atoms with E-state index < -0.39 is 0 Å². The molecule has 0 bridgehead atoms. The number of piperidine rings is 1. The highest BCUT2D eigenvalue weighted by molar-refractivity contribution is 5.68. The zero-order valence-corrected chi connectivity index (χ0v) is 55.3. The summed E-state index contributed by atoms with van der Waals surface area (Å²) < 4.78 is 11.5. The number of hydrogen-bond acceptors (Lipinski definition) is 17. The molecule has 84 heavy (non-hydrogen) atoms. The molecule has 20 heteroatoms. The molecule has 0 amide bonds. The summed E-state index contributed by atoms with van der Waals surface area (Å²) in [6.45, 7) is 51.2. The first kappa shape index (κ1) is 74.4. The normalized spacial score (nSPS) is 12.8. The van der Waals surface area contributed by atoms with E-state index in [2.05, 4.69) is 85.9 Å². The van der Waals surface area contributed by atoms with Crippen LogP contribution in [0.15, 0.2) is 93.0 Å². The summed E-state index contributed by atoms with van der Waals surface area (Å²) in [5.41, 5.74) is 11.0. The van der Waals surface area contributed by atoms with E-state index in [4.69, 9.17) is 4.74 Å². The van der Waals surface area contributed by atoms with Crippen LogP contribution in [0.3, 0.4) is 0 Å². The zero-order chi connectivity index (χ0) is 62.8. The van der Waals surface area contributed by atoms with E-state index in [1.165, 1.54) is 19.3 Å². The molecular formula is C64H105N19O. The number of hydrogen-bond donors (Lipinski definition) is 1. The van der Waals surface area contributed by atoms with Crippen molar-refractivity contribution in [3.63, 3.8) is 0 Å². The highest BCUT2D eigenvalue weighted by atomic mass is 16.5. The molecule has 0 spiro atoms. The standard InChI is InChI=1S/C16H18N6.C15H17N7.C15H16N6O.9C2H6/c1-12-16(22-8-5-17-10-15(22)20-12)13-9-14(19-11-18-13)21-6-3-2-4-7-21;1-11-15(22-7-4-17-9-14(22)20-11)12-8-13(19-10-18-12)21-5-2-16-3-6-21;1-11-15(21-3-2-16-9-14(21)19-11)12-8-13(18-10-17-12)20-4-6-22-7-5-20;9*1-2/h5,8-11H,2-4,6-7H2,1H3;4,7-10,16H,2-3,5-6H2,1H3;2-3,8-10H,4-7H2,1H3;9*1-2H3. The highest BCUT2D eigenvalue weighted by Crippen LogP contribution is 2.28. The Morgan fingerprint density at radius 3 is 0.988 bits per heavy atom. The number of nitrogens with zero attached hydrogens (tertiary/aromatic N) is 18. The van der Waals surface area contributed by atoms with Gasteiger partial charge in [0.15, 0.2) is 16.9 Å². The van der Waals surface area contributed by atoms with Gasteiger partial charge in [0.25, 0.3) is 0 Å². The predicted octanol–water partition coefficient (Wildman–Crippen LogP) is 14.0. The minimum atomic E-state index is 0.736. The molecule has 0 radical (unpaired) electrons. The molecule has 12 heterocycles. The van der Waals surface area contributed by atoms with Crippen molar-refractivity contribution in [2.24, 2.45) is 0 Å². The molecule has 462 valence electrons. The summed E-state index contributed by atoms with van der Waals surface area (Å²) in [5, 5.41) is 3.35. The number of piperazine rings is 1. The Labute approximate surface area is 504 Å². The minimum absolute atomic E-state index is 0.736. The van der Waals surface area contributed by atoms with Gasteiger partial charge in [-0.25, -0.2) is 44.9 Å². The molecule has 3 aliphatic rings. The molecule has 12 rings (SSSR count). The van der Waals surface area contributed by atoms with Crippen LogP contribution in [0.5, 0.6) is 0 Å². The lowest BCUT2D eigenvalue weighted by Gasteiger charge is -2.28. The van der Waals surface area contributed by atoms with E-state index in [9.17, 15) is 0 Å². The number of anilines is 3. The molecule has 0 aliphatic carbocycles. The van der Waals surface area contributed by atoms with E-state index in [0.29, 0.717) is 0 Å². The SMILES string of the molecule is CC.CC.CC.CC.CC.CC.CC.CC.CC.Cc1nc2cnccn2c1-c1cc(N2CCCCC2)ncn1.Cc1nc2cnccn2c1-c1cc(N2CCNCC2)ncn1.Cc1nc2cnccn2c1-c1cc(N2CCOCC2)ncn1. The Balaban J connectivity index is 0.000000554. The molecule has 20 nitrogen and oxygen atoms in total. The third-order valence-electron chi connectivity index (χ3n) is 12.0. The topological polar surface area (TPSA) is 199 Å². The fourth-order valence-electron chi connectivity index (χ4n) is 8.76. The summed E-state index contributed by atoms with van der Waals surface area (Å²) in [6.07, 6.45) is 25.0. The van der Waals surface area contributed by atoms with Crippen molar-refractivity contribution >= 4 is 34.4 Å². The van der Waals surface area contributed by atoms with Crippen molar-refractivity contribution in [1.29, 1.82) is 0 Å². The third-order valence-corrected chi connectivity index (χ3v) is 12.0. The zero-order valence-electron chi connectivity index (χ0n) is 55.3. The Bertz CT molecular complexity index is 2750. The van der Waals surface area contributed by atoms with Crippen LogP contribution in [-0.2, 0) is 4.74 Å². The second kappa shape index (κ2) is 44.0. The first-order valence-electron chi connectivity index (χ1n) is 31.3. The van der Waals surface area contributed by atoms with Gasteiger partial charge in [0.1, 0.15) is 36.4 Å². The average molecular weight is 1160 g/mol. The molecule has 0 atom stereocenters. The van der Waals surface area contributed by atoms with Gasteiger partial charge in [0, 0.05) is 108 Å². The fraction of sp³-hybridized carbons (Fsp3) is 0.531. The van der Waals surface area contributed by atoms with E-state index in [1.54, 1.807) is 56.2 Å². The molecule has 0 unspecified atom stereocenters. The van der Waals surface area contributed by atoms with Crippen LogP contribution in [0.25, 0.3) is 51.1 Å². The van der Waals surface area contributed by atoms with Crippen molar-refractivity contribution in [2.75, 3.05) is 80.3 Å². The number of fused-ring (bicyclic) bond motifs is 3. The van der Waals surface area contributed by atoms with Crippen LogP contribution in [0.1, 0.15) is 161 Å². The lowest BCUT2D eigenvalue weighted by Crippen LogP contribution is -2.43. The fourth-order valence-corrected chi connectivity index (χ4v) is 8.76. The van der Waals surface area contributed by atoms with Crippen LogP contribution in [-0.4, -0.2) is 139 Å². The van der Waals surface area contributed by atoms with Crippen LogP contribution < -0.4 is 20.0 Å². The second-order valence-corrected chi connectivity index (χ2v) is 16.2. The van der Waals surface area contributed by atoms with Gasteiger partial charge in [0.05, 0.1) is 83.0 Å². The Morgan fingerprint density at radius 2 is 0.667 bits per heavy atom. The van der Waals surface area contributed by atoms with Crippen molar-refractivity contribution < 1.29 is 4.74 Å². The Morgan fingerprint density at radius 1 is 0.369 bits per heavy atom. The quantitative estimate of drug-likeness (QED) is 0.165. The first-order valence-corrected chi connectivity index (χ1v) is 31.3. The van der Waals surface area contributed by atoms with E-state index in [-0.39, 0.29) is 0 Å². The van der Waals surface area contributed by atoms with Gasteiger partial charge in [-0.05, 0) is 40.0 Å². The van der Waals surface area contributed by atoms with Gasteiger partial charge in [-0.2, -0.15) is 0 Å². The molecule has 3 fully saturated rings. The summed E-state index contributed by atoms with van der Waals surface area (Å²) in [6, 6.07) is 6.13. The first-order chi connectivity index (χ1) is 41.5. The maximum Gasteiger partial charge on any atom is 0.156 e. The van der Waals surface area contributed by atoms with Crippen molar-refractivity contribution in [3.8, 4) is 34.2 Å². The van der Waals surface area contributed by atoms with Crippen molar-refractivity contribution in [2.45, 2.75) is 165 Å². The van der Waals surface area contributed by atoms with Crippen LogP contribution in [0.4, 0.5) is 17.5 Å². The number of nitrogens with one attached hydrogen (secondary N) is 1. The maximum absolute atomic E-state index is 5.39. The van der Waals surface area contributed by atoms with Crippen LogP contribution >= 0.6 is 0 Å². The summed E-state index contributed by atoms with van der Waals surface area (Å²) in [5.74, 6) is 2.90. The lowest BCUT2D eigenvalue weighted by molar-refractivity contribution is 0.122. The van der Waals surface area contributed by atoms with Gasteiger partial charge < -0.3 is 24.8 Å². The van der Waals surface area contributed by atoms with Crippen LogP contribution in [0, 0.1) is 20.8 Å². The van der Waals surface area contributed by atoms with Gasteiger partial charge in [0.2, 0.25) is 0 Å². The lowest BCUT2D eigenvalue weighted by atomic mass is 10.1. The average Bonchev–Trinajstić information content (AvgIpc) is 3.39. The molecule has 1 N–H and O–H groups in total. The third kappa shape index (κ3) is 20.6. The molecule has 0 saturated carbocycles. The summed E-state index contributed by atoms with van der Waals surface area (Å²) in [7, 11) is 0. The van der Waals surface area contributed by atoms with E-state index in [0.717, 1.165) is 151 Å². The smallest absolute Gasteiger partial charge is 0.156 e. The highest BCUT2D eigenvalue weighted by Gasteiger charge is 2.20. The van der Waals surface area contributed by atoms with Gasteiger partial charge in [-0.15, -0.1) is 0 Å². The second-order valence-electron chi connectivity index (χ2n) is 16.2. The summed E-state index contributed by atoms with van der Waals surface area (Å²) in [4.78, 5) is 59.5. The van der Waals surface area contributed by atoms with Crippen LogP contribution in [0.2, 0.25) is 0 Å². The Hall–Kier alpha value is -7.58.